The van der Waals surface area contributed by atoms with Crippen molar-refractivity contribution < 1.29 is 4.79 Å². The maximum Gasteiger partial charge on any atom is 0.168 e. The molecule has 4 atom stereocenters. The summed E-state index contributed by atoms with van der Waals surface area (Å²) < 4.78 is 1.08. The van der Waals surface area contributed by atoms with Gasteiger partial charge in [-0.05, 0) is 55.3 Å². The number of ketones is 1. The van der Waals surface area contributed by atoms with Crippen molar-refractivity contribution >= 4 is 21.7 Å². The average Bonchev–Trinajstić information content (AvgIpc) is 3.04. The number of halogens is 1. The summed E-state index contributed by atoms with van der Waals surface area (Å²) in [5.41, 5.74) is 2.18. The number of carbonyl (C=O) groups is 1. The van der Waals surface area contributed by atoms with Crippen molar-refractivity contribution in [3.63, 3.8) is 0 Å². The number of carbonyl (C=O) groups excluding carboxylic acids is 1. The Hall–Kier alpha value is -0.670. The van der Waals surface area contributed by atoms with Crippen molar-refractivity contribution in [2.24, 2.45) is 17.8 Å². The van der Waals surface area contributed by atoms with Gasteiger partial charge in [0.15, 0.2) is 5.78 Å². The van der Waals surface area contributed by atoms with Crippen LogP contribution in [-0.4, -0.2) is 18.4 Å². The minimum Gasteiger partial charge on any atom is -0.313 e. The number of benzene rings is 1. The third-order valence-corrected chi connectivity index (χ3v) is 5.83. The molecule has 2 aliphatic carbocycles. The van der Waals surface area contributed by atoms with Crippen molar-refractivity contribution in [1.29, 1.82) is 0 Å². The second-order valence-corrected chi connectivity index (χ2v) is 7.18. The molecule has 4 rings (SSSR count). The lowest BCUT2D eigenvalue weighted by Gasteiger charge is -2.23. The molecule has 1 aromatic carbocycles. The third-order valence-electron chi connectivity index (χ3n) is 5.34. The standard InChI is InChI=1S/C16H18BrNO/c17-11-4-5-13-10(6-11)7-14(16(13)19)15-12-3-1-2-9(12)8-18-15/h4-6,9,12,14-15,18H,1-3,7-8H2. The topological polar surface area (TPSA) is 29.1 Å². The minimum absolute atomic E-state index is 0.178. The molecule has 3 aliphatic rings. The predicted octanol–water partition coefficient (Wildman–Crippen LogP) is 3.19. The first-order chi connectivity index (χ1) is 9.24. The summed E-state index contributed by atoms with van der Waals surface area (Å²) in [6.07, 6.45) is 4.95. The Morgan fingerprint density at radius 2 is 2.16 bits per heavy atom. The quantitative estimate of drug-likeness (QED) is 0.861. The fourth-order valence-electron chi connectivity index (χ4n) is 4.46. The average molecular weight is 320 g/mol. The van der Waals surface area contributed by atoms with E-state index in [1.165, 1.54) is 24.8 Å². The summed E-state index contributed by atoms with van der Waals surface area (Å²) in [7, 11) is 0. The van der Waals surface area contributed by atoms with Gasteiger partial charge in [-0.3, -0.25) is 4.79 Å². The summed E-state index contributed by atoms with van der Waals surface area (Å²) in [6, 6.07) is 6.52. The van der Waals surface area contributed by atoms with E-state index in [1.54, 1.807) is 0 Å². The van der Waals surface area contributed by atoms with Crippen LogP contribution in [0.25, 0.3) is 0 Å². The van der Waals surface area contributed by atoms with E-state index in [-0.39, 0.29) is 5.92 Å². The molecule has 1 saturated heterocycles. The number of fused-ring (bicyclic) bond motifs is 2. The molecular weight excluding hydrogens is 302 g/mol. The van der Waals surface area contributed by atoms with Gasteiger partial charge in [0.1, 0.15) is 0 Å². The Labute approximate surface area is 122 Å². The Kier molecular flexibility index (Phi) is 2.82. The molecule has 0 aromatic heterocycles. The van der Waals surface area contributed by atoms with Gasteiger partial charge in [0.2, 0.25) is 0 Å². The first-order valence-corrected chi connectivity index (χ1v) is 8.09. The fraction of sp³-hybridized carbons (Fsp3) is 0.562. The summed E-state index contributed by atoms with van der Waals surface area (Å²) in [5.74, 6) is 2.12. The van der Waals surface area contributed by atoms with Crippen LogP contribution in [0.4, 0.5) is 0 Å². The van der Waals surface area contributed by atoms with E-state index in [0.717, 1.165) is 34.8 Å². The van der Waals surface area contributed by atoms with Gasteiger partial charge in [-0.25, -0.2) is 0 Å². The van der Waals surface area contributed by atoms with Gasteiger partial charge in [0.25, 0.3) is 0 Å². The van der Waals surface area contributed by atoms with Crippen LogP contribution in [0.5, 0.6) is 0 Å². The summed E-state index contributed by atoms with van der Waals surface area (Å²) in [6.45, 7) is 1.12. The molecule has 4 unspecified atom stereocenters. The van der Waals surface area contributed by atoms with Crippen molar-refractivity contribution in [3.8, 4) is 0 Å². The summed E-state index contributed by atoms with van der Waals surface area (Å²) >= 11 is 3.51. The van der Waals surface area contributed by atoms with Crippen LogP contribution in [0.3, 0.4) is 0 Å². The Morgan fingerprint density at radius 1 is 1.26 bits per heavy atom. The molecule has 0 spiro atoms. The van der Waals surface area contributed by atoms with Crippen LogP contribution in [0.15, 0.2) is 22.7 Å². The van der Waals surface area contributed by atoms with Crippen LogP contribution >= 0.6 is 15.9 Å². The zero-order valence-corrected chi connectivity index (χ0v) is 12.4. The predicted molar refractivity (Wildman–Crippen MR) is 78.3 cm³/mol. The van der Waals surface area contributed by atoms with Crippen LogP contribution in [0, 0.1) is 17.8 Å². The largest absolute Gasteiger partial charge is 0.313 e. The highest BCUT2D eigenvalue weighted by molar-refractivity contribution is 9.10. The number of hydrogen-bond donors (Lipinski definition) is 1. The van der Waals surface area contributed by atoms with Crippen molar-refractivity contribution in [2.45, 2.75) is 31.7 Å². The SMILES string of the molecule is O=C1c2ccc(Br)cc2CC1C1NCC2CCCC21. The molecule has 1 N–H and O–H groups in total. The van der Waals surface area contributed by atoms with E-state index in [2.05, 4.69) is 27.3 Å². The molecule has 0 bridgehead atoms. The highest BCUT2D eigenvalue weighted by Crippen LogP contribution is 2.43. The van der Waals surface area contributed by atoms with Gasteiger partial charge in [-0.15, -0.1) is 0 Å². The summed E-state index contributed by atoms with van der Waals surface area (Å²) in [5, 5.41) is 3.65. The van der Waals surface area contributed by atoms with Gasteiger partial charge in [-0.2, -0.15) is 0 Å². The third kappa shape index (κ3) is 1.82. The van der Waals surface area contributed by atoms with E-state index >= 15 is 0 Å². The zero-order chi connectivity index (χ0) is 13.0. The van der Waals surface area contributed by atoms with Crippen LogP contribution in [0.1, 0.15) is 35.2 Å². The van der Waals surface area contributed by atoms with Crippen molar-refractivity contribution in [3.05, 3.63) is 33.8 Å². The lowest BCUT2D eigenvalue weighted by Crippen LogP contribution is -2.38. The number of nitrogens with one attached hydrogen (secondary N) is 1. The maximum atomic E-state index is 12.6. The lowest BCUT2D eigenvalue weighted by molar-refractivity contribution is 0.0897. The molecule has 1 aliphatic heterocycles. The normalized spacial score (nSPS) is 36.6. The molecule has 1 heterocycles. The number of Topliss-reactive ketones (excluding diaryl/α,β-unsaturated/α-hetero) is 1. The van der Waals surface area contributed by atoms with E-state index in [4.69, 9.17) is 0 Å². The van der Waals surface area contributed by atoms with E-state index in [0.29, 0.717) is 11.8 Å². The van der Waals surface area contributed by atoms with Gasteiger partial charge < -0.3 is 5.32 Å². The van der Waals surface area contributed by atoms with Crippen LogP contribution < -0.4 is 5.32 Å². The van der Waals surface area contributed by atoms with Gasteiger partial charge in [-0.1, -0.05) is 28.4 Å². The Balaban J connectivity index is 1.63. The highest BCUT2D eigenvalue weighted by Gasteiger charge is 2.46. The Bertz CT molecular complexity index is 542. The Morgan fingerprint density at radius 3 is 3.05 bits per heavy atom. The monoisotopic (exact) mass is 319 g/mol. The molecule has 2 nitrogen and oxygen atoms in total. The summed E-state index contributed by atoms with van der Waals surface area (Å²) in [4.78, 5) is 12.6. The first kappa shape index (κ1) is 12.1. The molecule has 100 valence electrons. The van der Waals surface area contributed by atoms with E-state index < -0.39 is 0 Å². The molecule has 3 heteroatoms. The second-order valence-electron chi connectivity index (χ2n) is 6.27. The smallest absolute Gasteiger partial charge is 0.168 e. The van der Waals surface area contributed by atoms with Crippen LogP contribution in [0.2, 0.25) is 0 Å². The molecule has 2 fully saturated rings. The molecule has 1 aromatic rings. The minimum atomic E-state index is 0.178. The van der Waals surface area contributed by atoms with E-state index in [1.807, 2.05) is 12.1 Å². The molecular formula is C16H18BrNO. The van der Waals surface area contributed by atoms with E-state index in [9.17, 15) is 4.79 Å². The molecule has 0 amide bonds. The molecule has 1 saturated carbocycles. The number of rotatable bonds is 1. The van der Waals surface area contributed by atoms with Gasteiger partial charge in [0, 0.05) is 22.0 Å². The fourth-order valence-corrected chi connectivity index (χ4v) is 4.87. The van der Waals surface area contributed by atoms with Crippen molar-refractivity contribution in [2.75, 3.05) is 6.54 Å². The lowest BCUT2D eigenvalue weighted by atomic mass is 9.84. The van der Waals surface area contributed by atoms with Gasteiger partial charge >= 0.3 is 0 Å². The number of hydrogen-bond acceptors (Lipinski definition) is 2. The second kappa shape index (κ2) is 4.42. The maximum absolute atomic E-state index is 12.6. The van der Waals surface area contributed by atoms with Gasteiger partial charge in [0.05, 0.1) is 0 Å². The van der Waals surface area contributed by atoms with Crippen LogP contribution in [-0.2, 0) is 6.42 Å². The van der Waals surface area contributed by atoms with Crippen molar-refractivity contribution in [1.82, 2.24) is 5.32 Å². The molecule has 0 radical (unpaired) electrons. The zero-order valence-electron chi connectivity index (χ0n) is 10.9. The highest BCUT2D eigenvalue weighted by atomic mass is 79.9. The first-order valence-electron chi connectivity index (χ1n) is 7.30. The molecule has 19 heavy (non-hydrogen) atoms.